The Morgan fingerprint density at radius 1 is 0.885 bits per heavy atom. The van der Waals surface area contributed by atoms with Crippen molar-refractivity contribution in [2.75, 3.05) is 27.4 Å². The number of carbonyl (C=O) groups excluding carboxylic acids is 3. The summed E-state index contributed by atoms with van der Waals surface area (Å²) in [7, 11) is 0. The minimum atomic E-state index is -0.490. The summed E-state index contributed by atoms with van der Waals surface area (Å²) in [6.07, 6.45) is 1.23. The van der Waals surface area contributed by atoms with Crippen LogP contribution in [0.25, 0.3) is 5.00 Å². The van der Waals surface area contributed by atoms with Gasteiger partial charge in [-0.15, -0.1) is 21.5 Å². The number of aliphatic imine (C=N–C) groups is 1. The van der Waals surface area contributed by atoms with Gasteiger partial charge in [-0.05, 0) is 87.7 Å². The van der Waals surface area contributed by atoms with Gasteiger partial charge in [-0.25, -0.2) is 4.79 Å². The zero-order valence-corrected chi connectivity index (χ0v) is 30.6. The number of anilines is 4. The van der Waals surface area contributed by atoms with E-state index in [0.717, 1.165) is 56.8 Å². The number of fused-ring (bicyclic) bond motifs is 4. The predicted octanol–water partition coefficient (Wildman–Crippen LogP) is 7.05. The van der Waals surface area contributed by atoms with Crippen LogP contribution in [-0.4, -0.2) is 50.9 Å². The highest BCUT2D eigenvalue weighted by Gasteiger charge is 2.33. The summed E-state index contributed by atoms with van der Waals surface area (Å²) in [4.78, 5) is 46.1. The second-order valence-electron chi connectivity index (χ2n) is 13.1. The number of aromatic nitrogens is 3. The van der Waals surface area contributed by atoms with Crippen molar-refractivity contribution in [3.8, 4) is 5.00 Å². The van der Waals surface area contributed by atoms with E-state index >= 15 is 0 Å². The van der Waals surface area contributed by atoms with Crippen LogP contribution in [0.5, 0.6) is 0 Å². The summed E-state index contributed by atoms with van der Waals surface area (Å²) in [5, 5.41) is 21.5. The lowest BCUT2D eigenvalue weighted by Gasteiger charge is -2.40. The number of benzene rings is 3. The van der Waals surface area contributed by atoms with Crippen molar-refractivity contribution >= 4 is 57.6 Å². The number of hydrogen-bond donors (Lipinski definition) is 4. The maximum Gasteiger partial charge on any atom is 0.319 e. The number of rotatable bonds is 8. The lowest BCUT2D eigenvalue weighted by molar-refractivity contribution is -0.119. The minimum absolute atomic E-state index is 0.0323. The smallest absolute Gasteiger partial charge is 0.319 e. The molecule has 52 heavy (non-hydrogen) atoms. The van der Waals surface area contributed by atoms with Crippen molar-refractivity contribution in [2.24, 2.45) is 4.99 Å². The SMILES string of the molecule is CCC(=O)N1c2ccccc2[C@H](Nc2ccc(NC(=O)NCC(=O)Nc3ccc(C4=NCc5nnc(C)n5-c5sc(C)c(C)c54)cc3)cc2)C[C@@H]1C. The molecule has 0 bridgehead atoms. The molecular formula is C39H41N9O3S. The first-order valence-corrected chi connectivity index (χ1v) is 18.2. The third-order valence-electron chi connectivity index (χ3n) is 9.57. The molecule has 266 valence electrons. The average molecular weight is 716 g/mol. The van der Waals surface area contributed by atoms with E-state index in [9.17, 15) is 14.4 Å². The molecule has 0 saturated heterocycles. The molecule has 4 amide bonds. The summed E-state index contributed by atoms with van der Waals surface area (Å²) in [5.74, 6) is 1.40. The molecule has 2 aromatic heterocycles. The van der Waals surface area contributed by atoms with Crippen LogP contribution in [0.2, 0.25) is 0 Å². The largest absolute Gasteiger partial charge is 0.378 e. The fourth-order valence-corrected chi connectivity index (χ4v) is 8.11. The van der Waals surface area contributed by atoms with E-state index in [0.29, 0.717) is 24.3 Å². The van der Waals surface area contributed by atoms with Gasteiger partial charge >= 0.3 is 6.03 Å². The summed E-state index contributed by atoms with van der Waals surface area (Å²) in [6.45, 7) is 10.3. The van der Waals surface area contributed by atoms with Gasteiger partial charge in [0.2, 0.25) is 11.8 Å². The first-order chi connectivity index (χ1) is 25.1. The lowest BCUT2D eigenvalue weighted by atomic mass is 9.91. The number of urea groups is 1. The highest BCUT2D eigenvalue weighted by atomic mass is 32.1. The molecule has 0 fully saturated rings. The standard InChI is InChI=1S/C39H41N9O3S/c1-6-35(50)47-22(2)19-31(30-9-7-8-10-32(30)47)42-27-15-17-29(18-16-27)44-39(51)41-21-34(49)43-28-13-11-26(12-14-28)37-36-23(3)24(4)52-38(36)48-25(5)45-46-33(48)20-40-37/h7-18,22,31,42H,6,19-21H2,1-5H3,(H,43,49)(H2,41,44,51)/t22-,31+/m0/s1. The average Bonchev–Trinajstić information content (AvgIpc) is 3.59. The van der Waals surface area contributed by atoms with Gasteiger partial charge in [0.25, 0.3) is 0 Å². The summed E-state index contributed by atoms with van der Waals surface area (Å²) >= 11 is 1.71. The van der Waals surface area contributed by atoms with E-state index in [4.69, 9.17) is 4.99 Å². The van der Waals surface area contributed by atoms with Crippen LogP contribution in [0.3, 0.4) is 0 Å². The number of thiophene rings is 1. The van der Waals surface area contributed by atoms with Crippen LogP contribution < -0.4 is 26.2 Å². The van der Waals surface area contributed by atoms with E-state index < -0.39 is 6.03 Å². The Kier molecular flexibility index (Phi) is 9.61. The van der Waals surface area contributed by atoms with Crippen molar-refractivity contribution < 1.29 is 14.4 Å². The van der Waals surface area contributed by atoms with Gasteiger partial charge in [0.1, 0.15) is 17.4 Å². The highest BCUT2D eigenvalue weighted by Crippen LogP contribution is 2.39. The number of hydrogen-bond acceptors (Lipinski definition) is 8. The number of para-hydroxylation sites is 1. The maximum absolute atomic E-state index is 12.7. The molecule has 4 N–H and O–H groups in total. The van der Waals surface area contributed by atoms with Crippen molar-refractivity contribution in [3.05, 3.63) is 112 Å². The molecule has 5 aromatic rings. The zero-order valence-electron chi connectivity index (χ0n) is 29.8. The summed E-state index contributed by atoms with van der Waals surface area (Å²) < 4.78 is 2.09. The minimum Gasteiger partial charge on any atom is -0.378 e. The van der Waals surface area contributed by atoms with Crippen molar-refractivity contribution in [1.82, 2.24) is 20.1 Å². The third kappa shape index (κ3) is 6.79. The van der Waals surface area contributed by atoms with E-state index in [1.165, 1.54) is 10.4 Å². The number of amides is 4. The molecule has 0 radical (unpaired) electrons. The summed E-state index contributed by atoms with van der Waals surface area (Å²) in [5.41, 5.74) is 8.18. The quantitative estimate of drug-likeness (QED) is 0.135. The van der Waals surface area contributed by atoms with Gasteiger partial charge in [-0.2, -0.15) is 0 Å². The van der Waals surface area contributed by atoms with Gasteiger partial charge in [-0.3, -0.25) is 19.1 Å². The molecule has 12 nitrogen and oxygen atoms in total. The molecule has 0 spiro atoms. The van der Waals surface area contributed by atoms with Gasteiger partial charge in [-0.1, -0.05) is 37.3 Å². The molecule has 4 heterocycles. The van der Waals surface area contributed by atoms with Crippen molar-refractivity contribution in [2.45, 2.75) is 66.1 Å². The Bertz CT molecular complexity index is 2190. The number of nitrogens with one attached hydrogen (secondary N) is 4. The lowest BCUT2D eigenvalue weighted by Crippen LogP contribution is -2.44. The van der Waals surface area contributed by atoms with Gasteiger partial charge in [0, 0.05) is 51.2 Å². The van der Waals surface area contributed by atoms with Crippen LogP contribution >= 0.6 is 11.3 Å². The molecule has 0 unspecified atom stereocenters. The van der Waals surface area contributed by atoms with E-state index in [-0.39, 0.29) is 30.4 Å². The van der Waals surface area contributed by atoms with Crippen LogP contribution in [0.1, 0.15) is 71.5 Å². The molecule has 7 rings (SSSR count). The zero-order chi connectivity index (χ0) is 36.5. The van der Waals surface area contributed by atoms with Gasteiger partial charge in [0.15, 0.2) is 5.82 Å². The summed E-state index contributed by atoms with van der Waals surface area (Å²) in [6, 6.07) is 22.6. The first-order valence-electron chi connectivity index (χ1n) is 17.4. The Balaban J connectivity index is 0.923. The number of carbonyl (C=O) groups is 3. The van der Waals surface area contributed by atoms with Gasteiger partial charge in [0.05, 0.1) is 18.3 Å². The van der Waals surface area contributed by atoms with Crippen LogP contribution in [-0.2, 0) is 16.1 Å². The van der Waals surface area contributed by atoms with E-state index in [2.05, 4.69) is 62.9 Å². The number of nitrogens with zero attached hydrogens (tertiary/aromatic N) is 5. The Morgan fingerprint density at radius 2 is 1.58 bits per heavy atom. The van der Waals surface area contributed by atoms with Gasteiger partial charge < -0.3 is 26.2 Å². The monoisotopic (exact) mass is 715 g/mol. The normalized spacial score (nSPS) is 16.1. The fourth-order valence-electron chi connectivity index (χ4n) is 6.89. The second-order valence-corrected chi connectivity index (χ2v) is 14.3. The molecule has 2 aliphatic heterocycles. The fraction of sp³-hybridized carbons (Fsp3) is 0.282. The third-order valence-corrected chi connectivity index (χ3v) is 10.8. The molecule has 0 aliphatic carbocycles. The van der Waals surface area contributed by atoms with Crippen LogP contribution in [0.15, 0.2) is 77.8 Å². The molecule has 2 aliphatic rings. The molecule has 3 aromatic carbocycles. The second kappa shape index (κ2) is 14.4. The Labute approximate surface area is 306 Å². The molecule has 13 heteroatoms. The number of aryl methyl sites for hydroxylation is 2. The van der Waals surface area contributed by atoms with E-state index in [1.807, 2.05) is 73.3 Å². The molecule has 0 saturated carbocycles. The maximum atomic E-state index is 12.7. The van der Waals surface area contributed by atoms with Crippen molar-refractivity contribution in [1.29, 1.82) is 0 Å². The first kappa shape index (κ1) is 34.6. The van der Waals surface area contributed by atoms with Crippen molar-refractivity contribution in [3.63, 3.8) is 0 Å². The van der Waals surface area contributed by atoms with Crippen LogP contribution in [0.4, 0.5) is 27.5 Å². The molecular weight excluding hydrogens is 675 g/mol. The Hall–Kier alpha value is -5.82. The Morgan fingerprint density at radius 3 is 2.33 bits per heavy atom. The topological polar surface area (TPSA) is 146 Å². The van der Waals surface area contributed by atoms with E-state index in [1.54, 1.807) is 23.5 Å². The predicted molar refractivity (Wildman–Crippen MR) is 206 cm³/mol. The highest BCUT2D eigenvalue weighted by molar-refractivity contribution is 7.15. The van der Waals surface area contributed by atoms with Crippen LogP contribution in [0, 0.1) is 20.8 Å². The molecule has 2 atom stereocenters.